The number of ether oxygens (including phenoxy) is 1. The zero-order valence-corrected chi connectivity index (χ0v) is 12.7. The summed E-state index contributed by atoms with van der Waals surface area (Å²) in [5.41, 5.74) is 8.27. The largest absolute Gasteiger partial charge is 0.497 e. The van der Waals surface area contributed by atoms with E-state index in [1.54, 1.807) is 18.4 Å². The van der Waals surface area contributed by atoms with Crippen LogP contribution in [-0.4, -0.2) is 12.1 Å². The molecule has 18 heavy (non-hydrogen) atoms. The van der Waals surface area contributed by atoms with Gasteiger partial charge in [0.15, 0.2) is 0 Å². The fraction of sp³-hybridized carbons (Fsp3) is 0.308. The van der Waals surface area contributed by atoms with Gasteiger partial charge in [0, 0.05) is 9.85 Å². The molecule has 0 aliphatic heterocycles. The van der Waals surface area contributed by atoms with Gasteiger partial charge in [0.2, 0.25) is 0 Å². The molecule has 1 aromatic heterocycles. The summed E-state index contributed by atoms with van der Waals surface area (Å²) in [6.45, 7) is 1.99. The first-order valence-corrected chi connectivity index (χ1v) is 7.27. The van der Waals surface area contributed by atoms with E-state index in [9.17, 15) is 0 Å². The van der Waals surface area contributed by atoms with E-state index in [0.717, 1.165) is 32.9 Å². The second-order valence-electron chi connectivity index (χ2n) is 4.06. The Kier molecular flexibility index (Phi) is 4.37. The molecule has 0 saturated carbocycles. The second-order valence-corrected chi connectivity index (χ2v) is 5.98. The maximum absolute atomic E-state index is 6.18. The van der Waals surface area contributed by atoms with Gasteiger partial charge in [0.1, 0.15) is 5.75 Å². The molecular formula is C13H15BrN2OS. The van der Waals surface area contributed by atoms with E-state index in [4.69, 9.17) is 10.5 Å². The lowest BCUT2D eigenvalue weighted by Crippen LogP contribution is -2.14. The van der Waals surface area contributed by atoms with E-state index in [0.29, 0.717) is 0 Å². The van der Waals surface area contributed by atoms with Gasteiger partial charge in [-0.05, 0) is 37.1 Å². The lowest BCUT2D eigenvalue weighted by atomic mass is 10.0. The molecule has 1 aromatic carbocycles. The normalized spacial score (nSPS) is 12.4. The molecule has 0 radical (unpaired) electrons. The molecule has 2 rings (SSSR count). The summed E-state index contributed by atoms with van der Waals surface area (Å²) >= 11 is 5.16. The highest BCUT2D eigenvalue weighted by Crippen LogP contribution is 2.26. The number of hydrogen-bond acceptors (Lipinski definition) is 4. The summed E-state index contributed by atoms with van der Waals surface area (Å²) in [5.74, 6) is 0.842. The zero-order chi connectivity index (χ0) is 13.1. The van der Waals surface area contributed by atoms with Crippen molar-refractivity contribution >= 4 is 27.3 Å². The summed E-state index contributed by atoms with van der Waals surface area (Å²) in [6, 6.07) is 5.82. The molecule has 1 heterocycles. The van der Waals surface area contributed by atoms with Crippen LogP contribution in [0, 0.1) is 6.92 Å². The van der Waals surface area contributed by atoms with Gasteiger partial charge in [-0.15, -0.1) is 11.3 Å². The minimum absolute atomic E-state index is 0.0849. The molecule has 2 N–H and O–H groups in total. The Morgan fingerprint density at radius 2 is 2.28 bits per heavy atom. The van der Waals surface area contributed by atoms with Gasteiger partial charge in [-0.1, -0.05) is 15.9 Å². The summed E-state index contributed by atoms with van der Waals surface area (Å²) in [5, 5.41) is 3.07. The van der Waals surface area contributed by atoms with Crippen LogP contribution in [0.25, 0.3) is 0 Å². The molecule has 0 fully saturated rings. The number of aryl methyl sites for hydroxylation is 1. The van der Waals surface area contributed by atoms with Gasteiger partial charge in [0.05, 0.1) is 23.9 Å². The van der Waals surface area contributed by atoms with Crippen LogP contribution in [0.1, 0.15) is 22.3 Å². The summed E-state index contributed by atoms with van der Waals surface area (Å²) in [7, 11) is 1.66. The monoisotopic (exact) mass is 326 g/mol. The summed E-state index contributed by atoms with van der Waals surface area (Å²) < 4.78 is 6.27. The lowest BCUT2D eigenvalue weighted by Gasteiger charge is -2.12. The standard InChI is InChI=1S/C13H15BrN2OS/c1-8-16-13(7-18-8)12(15)6-9-5-10(17-2)3-4-11(9)14/h3-5,7,12H,6,15H2,1-2H3. The van der Waals surface area contributed by atoms with Crippen molar-refractivity contribution in [3.8, 4) is 5.75 Å². The summed E-state index contributed by atoms with van der Waals surface area (Å²) in [4.78, 5) is 4.43. The van der Waals surface area contributed by atoms with Gasteiger partial charge in [-0.3, -0.25) is 0 Å². The highest BCUT2D eigenvalue weighted by Gasteiger charge is 2.12. The van der Waals surface area contributed by atoms with Gasteiger partial charge >= 0.3 is 0 Å². The van der Waals surface area contributed by atoms with Crippen LogP contribution in [0.5, 0.6) is 5.75 Å². The quantitative estimate of drug-likeness (QED) is 0.935. The van der Waals surface area contributed by atoms with Crippen LogP contribution in [0.15, 0.2) is 28.1 Å². The number of methoxy groups -OCH3 is 1. The average molecular weight is 327 g/mol. The number of aromatic nitrogens is 1. The fourth-order valence-corrected chi connectivity index (χ4v) is 2.81. The molecule has 5 heteroatoms. The smallest absolute Gasteiger partial charge is 0.119 e. The first kappa shape index (κ1) is 13.5. The minimum Gasteiger partial charge on any atom is -0.497 e. The van der Waals surface area contributed by atoms with Crippen LogP contribution >= 0.6 is 27.3 Å². The number of nitrogens with zero attached hydrogens (tertiary/aromatic N) is 1. The molecule has 0 bridgehead atoms. The Hall–Kier alpha value is -0.910. The van der Waals surface area contributed by atoms with Crippen LogP contribution in [-0.2, 0) is 6.42 Å². The van der Waals surface area contributed by atoms with E-state index in [1.165, 1.54) is 0 Å². The Morgan fingerprint density at radius 1 is 1.50 bits per heavy atom. The van der Waals surface area contributed by atoms with Gasteiger partial charge in [-0.2, -0.15) is 0 Å². The van der Waals surface area contributed by atoms with Gasteiger partial charge in [-0.25, -0.2) is 4.98 Å². The number of halogens is 1. The number of rotatable bonds is 4. The van der Waals surface area contributed by atoms with Crippen molar-refractivity contribution in [3.63, 3.8) is 0 Å². The van der Waals surface area contributed by atoms with Crippen molar-refractivity contribution in [1.82, 2.24) is 4.98 Å². The van der Waals surface area contributed by atoms with Crippen molar-refractivity contribution in [2.75, 3.05) is 7.11 Å². The molecule has 1 unspecified atom stereocenters. The van der Waals surface area contributed by atoms with E-state index >= 15 is 0 Å². The molecule has 0 amide bonds. The SMILES string of the molecule is COc1ccc(Br)c(CC(N)c2csc(C)n2)c1. The van der Waals surface area contributed by atoms with Crippen molar-refractivity contribution in [3.05, 3.63) is 44.3 Å². The Labute approximate surface area is 119 Å². The van der Waals surface area contributed by atoms with Gasteiger partial charge in [0.25, 0.3) is 0 Å². The predicted octanol–water partition coefficient (Wildman–Crippen LogP) is 3.47. The van der Waals surface area contributed by atoms with Crippen molar-refractivity contribution in [1.29, 1.82) is 0 Å². The molecule has 0 saturated heterocycles. The maximum atomic E-state index is 6.18. The predicted molar refractivity (Wildman–Crippen MR) is 78.2 cm³/mol. The fourth-order valence-electron chi connectivity index (χ4n) is 1.73. The van der Waals surface area contributed by atoms with E-state index < -0.39 is 0 Å². The Morgan fingerprint density at radius 3 is 2.89 bits per heavy atom. The molecular weight excluding hydrogens is 312 g/mol. The van der Waals surface area contributed by atoms with Crippen molar-refractivity contribution < 1.29 is 4.74 Å². The van der Waals surface area contributed by atoms with E-state index in [-0.39, 0.29) is 6.04 Å². The molecule has 0 aliphatic carbocycles. The Bertz CT molecular complexity index is 542. The second kappa shape index (κ2) is 5.82. The van der Waals surface area contributed by atoms with Crippen LogP contribution in [0.2, 0.25) is 0 Å². The molecule has 0 aliphatic rings. The molecule has 96 valence electrons. The van der Waals surface area contributed by atoms with Crippen molar-refractivity contribution in [2.24, 2.45) is 5.73 Å². The topological polar surface area (TPSA) is 48.1 Å². The third kappa shape index (κ3) is 3.10. The number of benzene rings is 1. The molecule has 3 nitrogen and oxygen atoms in total. The lowest BCUT2D eigenvalue weighted by molar-refractivity contribution is 0.414. The number of hydrogen-bond donors (Lipinski definition) is 1. The Balaban J connectivity index is 2.18. The van der Waals surface area contributed by atoms with Crippen LogP contribution in [0.4, 0.5) is 0 Å². The van der Waals surface area contributed by atoms with E-state index in [1.807, 2.05) is 30.5 Å². The molecule has 0 spiro atoms. The molecule has 1 atom stereocenters. The first-order chi connectivity index (χ1) is 8.60. The average Bonchev–Trinajstić information content (AvgIpc) is 2.79. The minimum atomic E-state index is -0.0849. The first-order valence-electron chi connectivity index (χ1n) is 5.60. The highest BCUT2D eigenvalue weighted by atomic mass is 79.9. The third-order valence-corrected chi connectivity index (χ3v) is 4.27. The number of thiazole rings is 1. The van der Waals surface area contributed by atoms with Crippen molar-refractivity contribution in [2.45, 2.75) is 19.4 Å². The highest BCUT2D eigenvalue weighted by molar-refractivity contribution is 9.10. The summed E-state index contributed by atoms with van der Waals surface area (Å²) in [6.07, 6.45) is 0.737. The third-order valence-electron chi connectivity index (χ3n) is 2.71. The van der Waals surface area contributed by atoms with Crippen LogP contribution < -0.4 is 10.5 Å². The van der Waals surface area contributed by atoms with Gasteiger partial charge < -0.3 is 10.5 Å². The van der Waals surface area contributed by atoms with E-state index in [2.05, 4.69) is 20.9 Å². The maximum Gasteiger partial charge on any atom is 0.119 e. The van der Waals surface area contributed by atoms with Crippen LogP contribution in [0.3, 0.4) is 0 Å². The number of nitrogens with two attached hydrogens (primary N) is 1. The zero-order valence-electron chi connectivity index (χ0n) is 10.3. The molecule has 2 aromatic rings.